The number of hydrogen-bond donors (Lipinski definition) is 0. The zero-order chi connectivity index (χ0) is 22.8. The molecule has 32 heavy (non-hydrogen) atoms. The lowest BCUT2D eigenvalue weighted by Crippen LogP contribution is -2.13. The second-order valence-electron chi connectivity index (χ2n) is 8.05. The highest BCUT2D eigenvalue weighted by Gasteiger charge is 2.20. The maximum absolute atomic E-state index is 12.8. The quantitative estimate of drug-likeness (QED) is 0.386. The third kappa shape index (κ3) is 4.30. The van der Waals surface area contributed by atoms with Crippen LogP contribution in [-0.2, 0) is 9.47 Å². The average Bonchev–Trinajstić information content (AvgIpc) is 2.76. The predicted octanol–water partition coefficient (Wildman–Crippen LogP) is 5.58. The molecule has 0 radical (unpaired) electrons. The van der Waals surface area contributed by atoms with E-state index in [0.717, 1.165) is 0 Å². The van der Waals surface area contributed by atoms with Crippen LogP contribution in [0.1, 0.15) is 48.4 Å². The SMILES string of the molecule is CC(C)OC(=O)c1cc(-c2cc(C(=O)OC(C)C)c3ccccc3n2)nc2ccccc12. The number of hydrogen-bond acceptors (Lipinski definition) is 6. The highest BCUT2D eigenvalue weighted by atomic mass is 16.5. The summed E-state index contributed by atoms with van der Waals surface area (Å²) < 4.78 is 10.9. The van der Waals surface area contributed by atoms with Gasteiger partial charge in [0.05, 0.1) is 45.8 Å². The molecule has 0 aliphatic rings. The van der Waals surface area contributed by atoms with Gasteiger partial charge in [0.1, 0.15) is 0 Å². The van der Waals surface area contributed by atoms with Gasteiger partial charge in [0.15, 0.2) is 0 Å². The van der Waals surface area contributed by atoms with Crippen LogP contribution in [0.5, 0.6) is 0 Å². The smallest absolute Gasteiger partial charge is 0.339 e. The Kier molecular flexibility index (Phi) is 5.86. The van der Waals surface area contributed by atoms with Crippen LogP contribution >= 0.6 is 0 Å². The zero-order valence-electron chi connectivity index (χ0n) is 18.5. The number of rotatable bonds is 5. The van der Waals surface area contributed by atoms with Crippen LogP contribution in [0.2, 0.25) is 0 Å². The van der Waals surface area contributed by atoms with Gasteiger partial charge in [-0.15, -0.1) is 0 Å². The van der Waals surface area contributed by atoms with E-state index in [9.17, 15) is 9.59 Å². The number of ether oxygens (including phenoxy) is 2. The number of aromatic nitrogens is 2. The van der Waals surface area contributed by atoms with Crippen molar-refractivity contribution in [1.82, 2.24) is 9.97 Å². The van der Waals surface area contributed by atoms with Crippen LogP contribution in [0.15, 0.2) is 60.7 Å². The first-order valence-corrected chi connectivity index (χ1v) is 10.6. The number of nitrogens with zero attached hydrogens (tertiary/aromatic N) is 2. The molecular formula is C26H24N2O4. The number of fused-ring (bicyclic) bond motifs is 2. The van der Waals surface area contributed by atoms with Crippen LogP contribution < -0.4 is 0 Å². The Morgan fingerprint density at radius 2 is 1.03 bits per heavy atom. The molecule has 0 aliphatic carbocycles. The minimum Gasteiger partial charge on any atom is -0.459 e. The molecule has 0 N–H and O–H groups in total. The summed E-state index contributed by atoms with van der Waals surface area (Å²) in [6, 6.07) is 18.1. The maximum atomic E-state index is 12.8. The zero-order valence-corrected chi connectivity index (χ0v) is 18.5. The Labute approximate surface area is 186 Å². The summed E-state index contributed by atoms with van der Waals surface area (Å²) in [5, 5.41) is 1.39. The third-order valence-electron chi connectivity index (χ3n) is 4.82. The van der Waals surface area contributed by atoms with E-state index in [1.807, 2.05) is 48.5 Å². The molecule has 0 saturated carbocycles. The molecule has 2 heterocycles. The standard InChI is InChI=1S/C26H24N2O4/c1-15(2)31-25(29)19-13-23(27-21-11-7-5-9-17(19)21)24-14-20(26(30)32-16(3)4)18-10-6-8-12-22(18)28-24/h5-16H,1-4H3. The molecule has 6 heteroatoms. The predicted molar refractivity (Wildman–Crippen MR) is 124 cm³/mol. The van der Waals surface area contributed by atoms with Crippen molar-refractivity contribution < 1.29 is 19.1 Å². The Morgan fingerprint density at radius 3 is 1.41 bits per heavy atom. The first-order chi connectivity index (χ1) is 15.3. The van der Waals surface area contributed by atoms with Gasteiger partial charge in [-0.1, -0.05) is 36.4 Å². The van der Waals surface area contributed by atoms with E-state index >= 15 is 0 Å². The fourth-order valence-electron chi connectivity index (χ4n) is 3.51. The van der Waals surface area contributed by atoms with E-state index in [4.69, 9.17) is 19.4 Å². The van der Waals surface area contributed by atoms with Crippen molar-refractivity contribution in [1.29, 1.82) is 0 Å². The van der Waals surface area contributed by atoms with E-state index in [2.05, 4.69) is 0 Å². The summed E-state index contributed by atoms with van der Waals surface area (Å²) in [5.74, 6) is -0.861. The lowest BCUT2D eigenvalue weighted by Gasteiger charge is -2.13. The van der Waals surface area contributed by atoms with Gasteiger partial charge in [0.25, 0.3) is 0 Å². The monoisotopic (exact) mass is 428 g/mol. The lowest BCUT2D eigenvalue weighted by molar-refractivity contribution is 0.0369. The average molecular weight is 428 g/mol. The molecule has 0 amide bonds. The molecule has 0 fully saturated rings. The Bertz CT molecular complexity index is 1220. The summed E-state index contributed by atoms with van der Waals surface area (Å²) >= 11 is 0. The number of para-hydroxylation sites is 2. The highest BCUT2D eigenvalue weighted by Crippen LogP contribution is 2.28. The molecule has 2 aromatic heterocycles. The van der Waals surface area contributed by atoms with Crippen molar-refractivity contribution in [2.45, 2.75) is 39.9 Å². The van der Waals surface area contributed by atoms with Crippen LogP contribution in [0.25, 0.3) is 33.2 Å². The van der Waals surface area contributed by atoms with Gasteiger partial charge in [-0.25, -0.2) is 19.6 Å². The van der Waals surface area contributed by atoms with Gasteiger partial charge >= 0.3 is 11.9 Å². The molecular weight excluding hydrogens is 404 g/mol. The largest absolute Gasteiger partial charge is 0.459 e. The van der Waals surface area contributed by atoms with Crippen LogP contribution in [-0.4, -0.2) is 34.1 Å². The van der Waals surface area contributed by atoms with E-state index in [1.165, 1.54) is 0 Å². The molecule has 162 valence electrons. The third-order valence-corrected chi connectivity index (χ3v) is 4.82. The summed E-state index contributed by atoms with van der Waals surface area (Å²) in [6.45, 7) is 7.22. The van der Waals surface area contributed by atoms with Crippen molar-refractivity contribution in [3.63, 3.8) is 0 Å². The number of carbonyl (C=O) groups is 2. The molecule has 4 aromatic rings. The van der Waals surface area contributed by atoms with Gasteiger partial charge in [-0.05, 0) is 52.0 Å². The molecule has 6 nitrogen and oxygen atoms in total. The Morgan fingerprint density at radius 1 is 0.656 bits per heavy atom. The summed E-state index contributed by atoms with van der Waals surface area (Å²) in [5.41, 5.74) is 3.04. The summed E-state index contributed by atoms with van der Waals surface area (Å²) in [6.07, 6.45) is -0.511. The second-order valence-corrected chi connectivity index (χ2v) is 8.05. The first kappa shape index (κ1) is 21.4. The molecule has 0 saturated heterocycles. The van der Waals surface area contributed by atoms with Crippen LogP contribution in [0, 0.1) is 0 Å². The van der Waals surface area contributed by atoms with Gasteiger partial charge in [-0.2, -0.15) is 0 Å². The van der Waals surface area contributed by atoms with Crippen molar-refractivity contribution >= 4 is 33.7 Å². The molecule has 2 aromatic carbocycles. The minimum atomic E-state index is -0.430. The van der Waals surface area contributed by atoms with Crippen molar-refractivity contribution in [2.24, 2.45) is 0 Å². The number of pyridine rings is 2. The van der Waals surface area contributed by atoms with Crippen molar-refractivity contribution in [3.8, 4) is 11.4 Å². The van der Waals surface area contributed by atoms with Gasteiger partial charge in [0.2, 0.25) is 0 Å². The number of benzene rings is 2. The van der Waals surface area contributed by atoms with Gasteiger partial charge < -0.3 is 9.47 Å². The van der Waals surface area contributed by atoms with Crippen LogP contribution in [0.4, 0.5) is 0 Å². The number of esters is 2. The molecule has 0 aliphatic heterocycles. The topological polar surface area (TPSA) is 78.4 Å². The van der Waals surface area contributed by atoms with Crippen molar-refractivity contribution in [2.75, 3.05) is 0 Å². The van der Waals surface area contributed by atoms with Gasteiger partial charge in [-0.3, -0.25) is 0 Å². The Hall–Kier alpha value is -3.80. The minimum absolute atomic E-state index is 0.255. The normalized spacial score (nSPS) is 11.3. The first-order valence-electron chi connectivity index (χ1n) is 10.6. The summed E-state index contributed by atoms with van der Waals surface area (Å²) in [4.78, 5) is 35.1. The molecule has 0 atom stereocenters. The lowest BCUT2D eigenvalue weighted by atomic mass is 10.0. The fraction of sp³-hybridized carbons (Fsp3) is 0.231. The van der Waals surface area contributed by atoms with Crippen molar-refractivity contribution in [3.05, 3.63) is 71.8 Å². The number of carbonyl (C=O) groups excluding carboxylic acids is 2. The van der Waals surface area contributed by atoms with E-state index in [0.29, 0.717) is 44.3 Å². The molecule has 0 spiro atoms. The Balaban J connectivity index is 1.93. The van der Waals surface area contributed by atoms with Crippen LogP contribution in [0.3, 0.4) is 0 Å². The fourth-order valence-corrected chi connectivity index (χ4v) is 3.51. The highest BCUT2D eigenvalue weighted by molar-refractivity contribution is 6.06. The van der Waals surface area contributed by atoms with E-state index in [1.54, 1.807) is 39.8 Å². The van der Waals surface area contributed by atoms with E-state index in [-0.39, 0.29) is 12.2 Å². The van der Waals surface area contributed by atoms with Gasteiger partial charge in [0, 0.05) is 10.8 Å². The van der Waals surface area contributed by atoms with E-state index < -0.39 is 11.9 Å². The molecule has 4 rings (SSSR count). The second kappa shape index (κ2) is 8.75. The molecule has 0 bridgehead atoms. The molecule has 0 unspecified atom stereocenters. The summed E-state index contributed by atoms with van der Waals surface area (Å²) in [7, 11) is 0. The maximum Gasteiger partial charge on any atom is 0.339 e.